The van der Waals surface area contributed by atoms with Crippen LogP contribution in [0.3, 0.4) is 0 Å². The number of hydrogen-bond donors (Lipinski definition) is 1. The normalized spacial score (nSPS) is 15.2. The van der Waals surface area contributed by atoms with Gasteiger partial charge in [0.05, 0.1) is 17.5 Å². The molecule has 1 fully saturated rings. The summed E-state index contributed by atoms with van der Waals surface area (Å²) < 4.78 is 5.69. The number of benzene rings is 1. The molecule has 1 aromatic carbocycles. The quantitative estimate of drug-likeness (QED) is 0.850. The van der Waals surface area contributed by atoms with Crippen LogP contribution in [0.5, 0.6) is 5.88 Å². The summed E-state index contributed by atoms with van der Waals surface area (Å²) in [5, 5.41) is 0.928. The number of hydrogen-bond acceptors (Lipinski definition) is 4. The van der Waals surface area contributed by atoms with Crippen molar-refractivity contribution in [3.05, 3.63) is 24.3 Å². The number of rotatable bonds is 3. The van der Waals surface area contributed by atoms with E-state index in [0.29, 0.717) is 11.8 Å². The monoisotopic (exact) mass is 215 g/mol. The van der Waals surface area contributed by atoms with Crippen LogP contribution in [0.4, 0.5) is 5.95 Å². The van der Waals surface area contributed by atoms with Gasteiger partial charge in [0, 0.05) is 0 Å². The summed E-state index contributed by atoms with van der Waals surface area (Å²) in [6.45, 7) is 0.737. The summed E-state index contributed by atoms with van der Waals surface area (Å²) in [6.07, 6.45) is 2.52. The van der Waals surface area contributed by atoms with Gasteiger partial charge in [0.1, 0.15) is 0 Å². The third kappa shape index (κ3) is 1.78. The first-order chi connectivity index (χ1) is 7.83. The fourth-order valence-electron chi connectivity index (χ4n) is 1.66. The van der Waals surface area contributed by atoms with Gasteiger partial charge in [-0.2, -0.15) is 4.98 Å². The minimum Gasteiger partial charge on any atom is -0.477 e. The van der Waals surface area contributed by atoms with Gasteiger partial charge in [0.25, 0.3) is 0 Å². The van der Waals surface area contributed by atoms with Crippen LogP contribution in [0.25, 0.3) is 10.9 Å². The minimum atomic E-state index is 0.268. The molecule has 0 aliphatic heterocycles. The molecule has 2 N–H and O–H groups in total. The van der Waals surface area contributed by atoms with Crippen molar-refractivity contribution in [2.24, 2.45) is 5.92 Å². The standard InChI is InChI=1S/C12H13N3O/c13-12-14-10-4-2-1-3-9(10)11(15-12)16-7-8-5-6-8/h1-4,8H,5-7H2,(H2,13,14,15). The molecule has 1 aliphatic carbocycles. The lowest BCUT2D eigenvalue weighted by atomic mass is 10.2. The number of fused-ring (bicyclic) bond motifs is 1. The fourth-order valence-corrected chi connectivity index (χ4v) is 1.66. The Bertz CT molecular complexity index is 523. The fraction of sp³-hybridized carbons (Fsp3) is 0.333. The van der Waals surface area contributed by atoms with Gasteiger partial charge in [-0.05, 0) is 30.9 Å². The molecule has 0 spiro atoms. The zero-order chi connectivity index (χ0) is 11.0. The van der Waals surface area contributed by atoms with Crippen molar-refractivity contribution in [3.63, 3.8) is 0 Å². The number of nitrogen functional groups attached to an aromatic ring is 1. The van der Waals surface area contributed by atoms with Crippen LogP contribution < -0.4 is 10.5 Å². The van der Waals surface area contributed by atoms with Crippen molar-refractivity contribution in [2.75, 3.05) is 12.3 Å². The summed E-state index contributed by atoms with van der Waals surface area (Å²) in [5.74, 6) is 1.58. The highest BCUT2D eigenvalue weighted by atomic mass is 16.5. The number of ether oxygens (including phenoxy) is 1. The van der Waals surface area contributed by atoms with E-state index in [0.717, 1.165) is 17.5 Å². The van der Waals surface area contributed by atoms with Gasteiger partial charge >= 0.3 is 0 Å². The Morgan fingerprint density at radius 2 is 2.06 bits per heavy atom. The Morgan fingerprint density at radius 3 is 2.88 bits per heavy atom. The molecule has 16 heavy (non-hydrogen) atoms. The van der Waals surface area contributed by atoms with Crippen LogP contribution in [0.2, 0.25) is 0 Å². The predicted octanol–water partition coefficient (Wildman–Crippen LogP) is 2.00. The lowest BCUT2D eigenvalue weighted by molar-refractivity contribution is 0.292. The first-order valence-electron chi connectivity index (χ1n) is 5.48. The Kier molecular flexibility index (Phi) is 2.13. The Balaban J connectivity index is 1.99. The molecule has 4 heteroatoms. The lowest BCUT2D eigenvalue weighted by Crippen LogP contribution is -2.04. The Labute approximate surface area is 93.5 Å². The smallest absolute Gasteiger partial charge is 0.226 e. The van der Waals surface area contributed by atoms with Crippen LogP contribution >= 0.6 is 0 Å². The molecular formula is C12H13N3O. The molecule has 82 valence electrons. The summed E-state index contributed by atoms with van der Waals surface area (Å²) in [5.41, 5.74) is 6.48. The molecule has 4 nitrogen and oxygen atoms in total. The van der Waals surface area contributed by atoms with E-state index in [1.165, 1.54) is 12.8 Å². The number of nitrogens with zero attached hydrogens (tertiary/aromatic N) is 2. The molecule has 2 aromatic rings. The highest BCUT2D eigenvalue weighted by Crippen LogP contribution is 2.30. The third-order valence-electron chi connectivity index (χ3n) is 2.74. The van der Waals surface area contributed by atoms with E-state index >= 15 is 0 Å². The molecular weight excluding hydrogens is 202 g/mol. The van der Waals surface area contributed by atoms with E-state index in [9.17, 15) is 0 Å². The van der Waals surface area contributed by atoms with Gasteiger partial charge in [-0.3, -0.25) is 0 Å². The van der Waals surface area contributed by atoms with Crippen molar-refractivity contribution in [2.45, 2.75) is 12.8 Å². The maximum absolute atomic E-state index is 5.69. The maximum atomic E-state index is 5.69. The van der Waals surface area contributed by atoms with Gasteiger partial charge in [0.15, 0.2) is 0 Å². The van der Waals surface area contributed by atoms with Gasteiger partial charge in [0.2, 0.25) is 11.8 Å². The number of anilines is 1. The highest BCUT2D eigenvalue weighted by molar-refractivity contribution is 5.84. The topological polar surface area (TPSA) is 61.0 Å². The first kappa shape index (κ1) is 9.39. The summed E-state index contributed by atoms with van der Waals surface area (Å²) in [4.78, 5) is 8.31. The van der Waals surface area contributed by atoms with E-state index in [1.54, 1.807) is 0 Å². The van der Waals surface area contributed by atoms with E-state index in [2.05, 4.69) is 9.97 Å². The van der Waals surface area contributed by atoms with Gasteiger partial charge in [-0.15, -0.1) is 0 Å². The molecule has 1 aromatic heterocycles. The molecule has 0 amide bonds. The zero-order valence-electron chi connectivity index (χ0n) is 8.89. The maximum Gasteiger partial charge on any atom is 0.226 e. The molecule has 1 aliphatic rings. The Hall–Kier alpha value is -1.84. The van der Waals surface area contributed by atoms with Crippen LogP contribution in [-0.4, -0.2) is 16.6 Å². The first-order valence-corrected chi connectivity index (χ1v) is 5.48. The van der Waals surface area contributed by atoms with Crippen LogP contribution in [-0.2, 0) is 0 Å². The molecule has 1 saturated carbocycles. The molecule has 0 unspecified atom stereocenters. The van der Waals surface area contributed by atoms with E-state index < -0.39 is 0 Å². The van der Waals surface area contributed by atoms with E-state index in [1.807, 2.05) is 24.3 Å². The van der Waals surface area contributed by atoms with Crippen LogP contribution in [0.15, 0.2) is 24.3 Å². The van der Waals surface area contributed by atoms with E-state index in [-0.39, 0.29) is 5.95 Å². The van der Waals surface area contributed by atoms with E-state index in [4.69, 9.17) is 10.5 Å². The third-order valence-corrected chi connectivity index (χ3v) is 2.74. The second-order valence-corrected chi connectivity index (χ2v) is 4.16. The van der Waals surface area contributed by atoms with Crippen LogP contribution in [0.1, 0.15) is 12.8 Å². The van der Waals surface area contributed by atoms with Gasteiger partial charge in [-0.25, -0.2) is 4.98 Å². The second kappa shape index (κ2) is 3.63. The van der Waals surface area contributed by atoms with Crippen molar-refractivity contribution < 1.29 is 4.74 Å². The summed E-state index contributed by atoms with van der Waals surface area (Å²) >= 11 is 0. The van der Waals surface area contributed by atoms with Crippen molar-refractivity contribution in [1.82, 2.24) is 9.97 Å². The van der Waals surface area contributed by atoms with Crippen molar-refractivity contribution in [3.8, 4) is 5.88 Å². The average Bonchev–Trinajstić information content (AvgIpc) is 3.09. The second-order valence-electron chi connectivity index (χ2n) is 4.16. The van der Waals surface area contributed by atoms with Gasteiger partial charge < -0.3 is 10.5 Å². The minimum absolute atomic E-state index is 0.268. The van der Waals surface area contributed by atoms with Crippen molar-refractivity contribution >= 4 is 16.9 Å². The number of aromatic nitrogens is 2. The predicted molar refractivity (Wildman–Crippen MR) is 62.2 cm³/mol. The lowest BCUT2D eigenvalue weighted by Gasteiger charge is -2.07. The number of para-hydroxylation sites is 1. The SMILES string of the molecule is Nc1nc(OCC2CC2)c2ccccc2n1. The molecule has 0 bridgehead atoms. The molecule has 0 atom stereocenters. The van der Waals surface area contributed by atoms with Crippen LogP contribution in [0, 0.1) is 5.92 Å². The average molecular weight is 215 g/mol. The van der Waals surface area contributed by atoms with Gasteiger partial charge in [-0.1, -0.05) is 12.1 Å². The van der Waals surface area contributed by atoms with Crippen molar-refractivity contribution in [1.29, 1.82) is 0 Å². The molecule has 0 saturated heterocycles. The molecule has 3 rings (SSSR count). The Morgan fingerprint density at radius 1 is 1.25 bits per heavy atom. The summed E-state index contributed by atoms with van der Waals surface area (Å²) in [7, 11) is 0. The zero-order valence-corrected chi connectivity index (χ0v) is 8.89. The highest BCUT2D eigenvalue weighted by Gasteiger charge is 2.22. The molecule has 1 heterocycles. The summed E-state index contributed by atoms with van der Waals surface area (Å²) in [6, 6.07) is 7.75. The largest absolute Gasteiger partial charge is 0.477 e. The molecule has 0 radical (unpaired) electrons. The number of nitrogens with two attached hydrogens (primary N) is 1.